The fourth-order valence-corrected chi connectivity index (χ4v) is 2.70. The van der Waals surface area contributed by atoms with Gasteiger partial charge in [0.05, 0.1) is 17.4 Å². The van der Waals surface area contributed by atoms with Crippen LogP contribution in [0.5, 0.6) is 0 Å². The van der Waals surface area contributed by atoms with Crippen molar-refractivity contribution >= 4 is 22.6 Å². The Morgan fingerprint density at radius 2 is 2.00 bits per heavy atom. The molecule has 0 aliphatic heterocycles. The van der Waals surface area contributed by atoms with Gasteiger partial charge in [-0.1, -0.05) is 0 Å². The molecule has 0 bridgehead atoms. The Balaban J connectivity index is 2.21. The molecule has 0 aliphatic rings. The summed E-state index contributed by atoms with van der Waals surface area (Å²) in [6, 6.07) is 3.62. The molecule has 130 valence electrons. The maximum Gasteiger partial charge on any atom is 0.222 e. The molecule has 1 amide bonds. The van der Waals surface area contributed by atoms with E-state index in [2.05, 4.69) is 20.3 Å². The molecule has 25 heavy (non-hydrogen) atoms. The van der Waals surface area contributed by atoms with Crippen LogP contribution in [0.2, 0.25) is 0 Å². The van der Waals surface area contributed by atoms with Gasteiger partial charge in [-0.25, -0.2) is 19.3 Å². The number of nitrogens with zero attached hydrogens (tertiary/aromatic N) is 4. The molecule has 0 saturated carbocycles. The van der Waals surface area contributed by atoms with Gasteiger partial charge in [-0.3, -0.25) is 4.79 Å². The first-order valence-corrected chi connectivity index (χ1v) is 7.93. The number of halogens is 1. The average Bonchev–Trinajstić information content (AvgIpc) is 2.82. The van der Waals surface area contributed by atoms with Gasteiger partial charge < -0.3 is 9.88 Å². The first kappa shape index (κ1) is 17.0. The van der Waals surface area contributed by atoms with Gasteiger partial charge >= 0.3 is 0 Å². The number of amides is 1. The van der Waals surface area contributed by atoms with Gasteiger partial charge in [-0.15, -0.1) is 0 Å². The number of aryl methyl sites for hydroxylation is 2. The Morgan fingerprint density at radius 1 is 1.28 bits per heavy atom. The molecule has 1 N–H and O–H groups in total. The minimum atomic E-state index is -1.63. The Labute approximate surface area is 145 Å². The maximum absolute atomic E-state index is 14.3. The van der Waals surface area contributed by atoms with E-state index in [0.29, 0.717) is 17.2 Å². The molecule has 0 spiro atoms. The number of hydrogen-bond acceptors (Lipinski definition) is 4. The normalized spacial score (nSPS) is 11.8. The highest BCUT2D eigenvalue weighted by atomic mass is 19.1. The zero-order valence-electron chi connectivity index (χ0n) is 14.9. The van der Waals surface area contributed by atoms with Crippen LogP contribution in [-0.4, -0.2) is 25.4 Å². The number of carbonyl (C=O) groups excluding carboxylic acids is 1. The van der Waals surface area contributed by atoms with Gasteiger partial charge in [-0.05, 0) is 32.9 Å². The summed E-state index contributed by atoms with van der Waals surface area (Å²) in [7, 11) is 1.90. The molecule has 3 rings (SSSR count). The predicted molar refractivity (Wildman–Crippen MR) is 94.9 cm³/mol. The number of alkyl halides is 1. The van der Waals surface area contributed by atoms with E-state index in [-0.39, 0.29) is 11.7 Å². The molecule has 0 aliphatic carbocycles. The van der Waals surface area contributed by atoms with Crippen LogP contribution in [0.4, 0.5) is 10.2 Å². The second-order valence-electron chi connectivity index (χ2n) is 6.61. The number of carbonyl (C=O) groups is 1. The fraction of sp³-hybridized carbons (Fsp3) is 0.333. The molecule has 3 heterocycles. The van der Waals surface area contributed by atoms with E-state index < -0.39 is 5.67 Å². The molecule has 0 radical (unpaired) electrons. The summed E-state index contributed by atoms with van der Waals surface area (Å²) >= 11 is 0. The summed E-state index contributed by atoms with van der Waals surface area (Å²) in [5.74, 6) is 0.420. The number of hydrogen-bond donors (Lipinski definition) is 1. The molecule has 0 atom stereocenters. The van der Waals surface area contributed by atoms with E-state index in [1.165, 1.54) is 20.8 Å². The first-order chi connectivity index (χ1) is 11.6. The highest BCUT2D eigenvalue weighted by Gasteiger charge is 2.24. The zero-order chi connectivity index (χ0) is 18.4. The van der Waals surface area contributed by atoms with Gasteiger partial charge in [0.2, 0.25) is 5.91 Å². The third-order valence-electron chi connectivity index (χ3n) is 3.84. The Kier molecular flexibility index (Phi) is 4.02. The quantitative estimate of drug-likeness (QED) is 0.791. The van der Waals surface area contributed by atoms with Crippen LogP contribution in [0.15, 0.2) is 24.5 Å². The third-order valence-corrected chi connectivity index (χ3v) is 3.84. The van der Waals surface area contributed by atoms with Crippen LogP contribution < -0.4 is 5.32 Å². The lowest BCUT2D eigenvalue weighted by atomic mass is 10.1. The second kappa shape index (κ2) is 5.91. The topological polar surface area (TPSA) is 72.7 Å². The van der Waals surface area contributed by atoms with Crippen molar-refractivity contribution in [2.24, 2.45) is 7.05 Å². The van der Waals surface area contributed by atoms with E-state index in [1.54, 1.807) is 12.3 Å². The van der Waals surface area contributed by atoms with Crippen LogP contribution in [0.25, 0.3) is 22.2 Å². The highest BCUT2D eigenvalue weighted by Crippen LogP contribution is 2.32. The van der Waals surface area contributed by atoms with Crippen molar-refractivity contribution in [2.75, 3.05) is 5.32 Å². The van der Waals surface area contributed by atoms with Crippen molar-refractivity contribution < 1.29 is 9.18 Å². The van der Waals surface area contributed by atoms with Gasteiger partial charge in [-0.2, -0.15) is 0 Å². The fourth-order valence-electron chi connectivity index (χ4n) is 2.70. The van der Waals surface area contributed by atoms with E-state index >= 15 is 0 Å². The van der Waals surface area contributed by atoms with E-state index in [9.17, 15) is 9.18 Å². The number of anilines is 1. The molecule has 3 aromatic heterocycles. The van der Waals surface area contributed by atoms with Crippen molar-refractivity contribution in [3.8, 4) is 11.3 Å². The van der Waals surface area contributed by atoms with Crippen LogP contribution in [0.1, 0.15) is 32.3 Å². The van der Waals surface area contributed by atoms with Crippen molar-refractivity contribution in [1.82, 2.24) is 19.5 Å². The molecule has 7 heteroatoms. The molecule has 0 aromatic carbocycles. The van der Waals surface area contributed by atoms with E-state index in [1.807, 2.05) is 30.8 Å². The SMILES string of the molecule is CC(=O)Nc1cc2c(-c3cc(C)nc(C(C)(C)F)n3)cn(C)c2cn1. The first-order valence-electron chi connectivity index (χ1n) is 7.93. The van der Waals surface area contributed by atoms with Crippen molar-refractivity contribution in [3.05, 3.63) is 36.0 Å². The molecular weight excluding hydrogens is 321 g/mol. The summed E-state index contributed by atoms with van der Waals surface area (Å²) < 4.78 is 16.3. The number of aromatic nitrogens is 4. The summed E-state index contributed by atoms with van der Waals surface area (Å²) in [4.78, 5) is 24.2. The van der Waals surface area contributed by atoms with E-state index in [4.69, 9.17) is 0 Å². The highest BCUT2D eigenvalue weighted by molar-refractivity contribution is 5.98. The van der Waals surface area contributed by atoms with Crippen LogP contribution >= 0.6 is 0 Å². The zero-order valence-corrected chi connectivity index (χ0v) is 14.9. The summed E-state index contributed by atoms with van der Waals surface area (Å²) in [6.45, 7) is 6.12. The van der Waals surface area contributed by atoms with E-state index in [0.717, 1.165) is 16.5 Å². The minimum absolute atomic E-state index is 0.149. The molecule has 3 aromatic rings. The summed E-state index contributed by atoms with van der Waals surface area (Å²) in [5.41, 5.74) is 1.43. The number of nitrogens with one attached hydrogen (secondary N) is 1. The lowest BCUT2D eigenvalue weighted by Gasteiger charge is -2.14. The molecular formula is C18H20FN5O. The smallest absolute Gasteiger partial charge is 0.222 e. The standard InChI is InChI=1S/C18H20FN5O/c1-10-6-14(23-17(21-10)18(3,4)19)13-9-24(5)15-8-20-16(7-12(13)15)22-11(2)25/h6-9H,1-5H3,(H,20,22,25). The lowest BCUT2D eigenvalue weighted by molar-refractivity contribution is -0.114. The lowest BCUT2D eigenvalue weighted by Crippen LogP contribution is -2.15. The Bertz CT molecular complexity index is 971. The van der Waals surface area contributed by atoms with Crippen LogP contribution in [0.3, 0.4) is 0 Å². The molecule has 0 saturated heterocycles. The van der Waals surface area contributed by atoms with Gasteiger partial charge in [0.15, 0.2) is 11.5 Å². The molecule has 0 fully saturated rings. The van der Waals surface area contributed by atoms with Crippen LogP contribution in [-0.2, 0) is 17.5 Å². The average molecular weight is 341 g/mol. The molecule has 0 unspecified atom stereocenters. The largest absolute Gasteiger partial charge is 0.349 e. The minimum Gasteiger partial charge on any atom is -0.349 e. The summed E-state index contributed by atoms with van der Waals surface area (Å²) in [6.07, 6.45) is 3.61. The van der Waals surface area contributed by atoms with Crippen molar-refractivity contribution in [1.29, 1.82) is 0 Å². The van der Waals surface area contributed by atoms with Crippen molar-refractivity contribution in [3.63, 3.8) is 0 Å². The van der Waals surface area contributed by atoms with Gasteiger partial charge in [0.1, 0.15) is 5.82 Å². The maximum atomic E-state index is 14.3. The van der Waals surface area contributed by atoms with Crippen LogP contribution in [0, 0.1) is 6.92 Å². The number of fused-ring (bicyclic) bond motifs is 1. The van der Waals surface area contributed by atoms with Crippen molar-refractivity contribution in [2.45, 2.75) is 33.4 Å². The Hall–Kier alpha value is -2.83. The van der Waals surface area contributed by atoms with Gasteiger partial charge in [0, 0.05) is 36.8 Å². The second-order valence-corrected chi connectivity index (χ2v) is 6.61. The summed E-state index contributed by atoms with van der Waals surface area (Å²) in [5, 5.41) is 3.56. The number of pyridine rings is 1. The monoisotopic (exact) mass is 341 g/mol. The van der Waals surface area contributed by atoms with Gasteiger partial charge in [0.25, 0.3) is 0 Å². The predicted octanol–water partition coefficient (Wildman–Crippen LogP) is 3.50. The Morgan fingerprint density at radius 3 is 2.64 bits per heavy atom. The third kappa shape index (κ3) is 3.35. The molecule has 6 nitrogen and oxygen atoms in total. The number of rotatable bonds is 3.